The molecule has 2 nitrogen and oxygen atoms in total. The van der Waals surface area contributed by atoms with Crippen molar-refractivity contribution in [3.8, 4) is 0 Å². The fraction of sp³-hybridized carbons (Fsp3) is 0.545. The van der Waals surface area contributed by atoms with E-state index in [9.17, 15) is 4.79 Å². The zero-order valence-electron chi connectivity index (χ0n) is 8.46. The maximum atomic E-state index is 12.0. The van der Waals surface area contributed by atoms with Gasteiger partial charge in [-0.3, -0.25) is 4.79 Å². The molecular formula is C11H14BrNOS. The molecule has 1 aliphatic rings. The van der Waals surface area contributed by atoms with Gasteiger partial charge in [-0.05, 0) is 28.8 Å². The van der Waals surface area contributed by atoms with Gasteiger partial charge in [0.15, 0.2) is 5.78 Å². The average molecular weight is 288 g/mol. The summed E-state index contributed by atoms with van der Waals surface area (Å²) in [7, 11) is 0. The first-order chi connectivity index (χ1) is 7.11. The molecule has 0 amide bonds. The van der Waals surface area contributed by atoms with Crippen LogP contribution in [0.4, 0.5) is 0 Å². The number of rotatable bonds is 3. The van der Waals surface area contributed by atoms with Gasteiger partial charge in [-0.2, -0.15) is 11.3 Å². The van der Waals surface area contributed by atoms with Crippen molar-refractivity contribution in [1.29, 1.82) is 0 Å². The van der Waals surface area contributed by atoms with Crippen LogP contribution in [0.15, 0.2) is 15.2 Å². The molecule has 2 N–H and O–H groups in total. The van der Waals surface area contributed by atoms with E-state index in [2.05, 4.69) is 15.9 Å². The molecule has 2 rings (SSSR count). The summed E-state index contributed by atoms with van der Waals surface area (Å²) in [5.74, 6) is 0.174. The highest BCUT2D eigenvalue weighted by Gasteiger charge is 2.32. The van der Waals surface area contributed by atoms with Crippen LogP contribution in [0.2, 0.25) is 0 Å². The molecule has 0 unspecified atom stereocenters. The molecule has 1 aliphatic carbocycles. The minimum absolute atomic E-state index is 0.174. The minimum atomic E-state index is -0.238. The van der Waals surface area contributed by atoms with Gasteiger partial charge in [0.25, 0.3) is 0 Å². The molecular weight excluding hydrogens is 274 g/mol. The maximum Gasteiger partial charge on any atom is 0.166 e. The van der Waals surface area contributed by atoms with E-state index in [4.69, 9.17) is 5.73 Å². The first-order valence-electron chi connectivity index (χ1n) is 5.14. The second-order valence-electron chi connectivity index (χ2n) is 4.30. The molecule has 0 saturated heterocycles. The molecule has 0 aromatic carbocycles. The number of hydrogen-bond acceptors (Lipinski definition) is 3. The summed E-state index contributed by atoms with van der Waals surface area (Å²) in [4.78, 5) is 12.0. The molecule has 82 valence electrons. The van der Waals surface area contributed by atoms with Crippen molar-refractivity contribution >= 4 is 33.0 Å². The Morgan fingerprint density at radius 2 is 2.13 bits per heavy atom. The molecule has 1 fully saturated rings. The van der Waals surface area contributed by atoms with Crippen LogP contribution in [0, 0.1) is 0 Å². The number of carbonyl (C=O) groups is 1. The highest BCUT2D eigenvalue weighted by molar-refractivity contribution is 9.10. The van der Waals surface area contributed by atoms with Gasteiger partial charge in [0.2, 0.25) is 0 Å². The van der Waals surface area contributed by atoms with Crippen LogP contribution >= 0.6 is 27.3 Å². The van der Waals surface area contributed by atoms with E-state index in [0.29, 0.717) is 6.42 Å². The van der Waals surface area contributed by atoms with E-state index in [1.54, 1.807) is 11.3 Å². The number of ketones is 1. The van der Waals surface area contributed by atoms with E-state index in [1.165, 1.54) is 0 Å². The van der Waals surface area contributed by atoms with Crippen molar-refractivity contribution in [3.63, 3.8) is 0 Å². The van der Waals surface area contributed by atoms with Gasteiger partial charge in [-0.1, -0.05) is 12.8 Å². The van der Waals surface area contributed by atoms with E-state index >= 15 is 0 Å². The summed E-state index contributed by atoms with van der Waals surface area (Å²) in [6.45, 7) is 0. The van der Waals surface area contributed by atoms with Gasteiger partial charge in [0, 0.05) is 32.8 Å². The molecule has 1 heterocycles. The highest BCUT2D eigenvalue weighted by Crippen LogP contribution is 2.32. The van der Waals surface area contributed by atoms with Gasteiger partial charge < -0.3 is 5.73 Å². The largest absolute Gasteiger partial charge is 0.325 e. The summed E-state index contributed by atoms with van der Waals surface area (Å²) in [5, 5.41) is 3.83. The number of thiophene rings is 1. The second-order valence-corrected chi connectivity index (χ2v) is 5.90. The number of Topliss-reactive ketones (excluding diaryl/α,β-unsaturated/α-hetero) is 1. The predicted molar refractivity (Wildman–Crippen MR) is 66.4 cm³/mol. The lowest BCUT2D eigenvalue weighted by atomic mass is 9.91. The standard InChI is InChI=1S/C11H14BrNOS/c12-9-7-15-6-8(9)10(14)5-11(13)3-1-2-4-11/h6-7H,1-5,13H2. The minimum Gasteiger partial charge on any atom is -0.325 e. The third-order valence-corrected chi connectivity index (χ3v) is 4.73. The van der Waals surface area contributed by atoms with Crippen LogP contribution in [-0.2, 0) is 0 Å². The summed E-state index contributed by atoms with van der Waals surface area (Å²) in [5.41, 5.74) is 6.73. The van der Waals surface area contributed by atoms with Gasteiger partial charge in [-0.15, -0.1) is 0 Å². The van der Waals surface area contributed by atoms with Crippen LogP contribution in [-0.4, -0.2) is 11.3 Å². The zero-order chi connectivity index (χ0) is 10.9. The molecule has 4 heteroatoms. The Morgan fingerprint density at radius 3 is 2.67 bits per heavy atom. The van der Waals surface area contributed by atoms with Crippen molar-refractivity contribution in [1.82, 2.24) is 0 Å². The van der Waals surface area contributed by atoms with E-state index in [1.807, 2.05) is 10.8 Å². The Bertz CT molecular complexity index is 368. The topological polar surface area (TPSA) is 43.1 Å². The second kappa shape index (κ2) is 4.36. The SMILES string of the molecule is NC1(CC(=O)c2cscc2Br)CCCC1. The fourth-order valence-electron chi connectivity index (χ4n) is 2.15. The van der Waals surface area contributed by atoms with Crippen molar-refractivity contribution in [2.24, 2.45) is 5.73 Å². The van der Waals surface area contributed by atoms with Gasteiger partial charge in [-0.25, -0.2) is 0 Å². The van der Waals surface area contributed by atoms with E-state index in [-0.39, 0.29) is 11.3 Å². The molecule has 1 saturated carbocycles. The van der Waals surface area contributed by atoms with Crippen LogP contribution < -0.4 is 5.73 Å². The Hall–Kier alpha value is -0.190. The fourth-order valence-corrected chi connectivity index (χ4v) is 3.67. The average Bonchev–Trinajstić information content (AvgIpc) is 2.74. The highest BCUT2D eigenvalue weighted by atomic mass is 79.9. The summed E-state index contributed by atoms with van der Waals surface area (Å²) < 4.78 is 0.902. The van der Waals surface area contributed by atoms with E-state index < -0.39 is 0 Å². The monoisotopic (exact) mass is 287 g/mol. The van der Waals surface area contributed by atoms with Crippen LogP contribution in [0.5, 0.6) is 0 Å². The lowest BCUT2D eigenvalue weighted by Gasteiger charge is -2.22. The molecule has 0 spiro atoms. The summed E-state index contributed by atoms with van der Waals surface area (Å²) in [6, 6.07) is 0. The molecule has 1 aromatic rings. The van der Waals surface area contributed by atoms with Gasteiger partial charge in [0.05, 0.1) is 0 Å². The van der Waals surface area contributed by atoms with Crippen molar-refractivity contribution in [3.05, 3.63) is 20.8 Å². The Labute approximate surface area is 102 Å². The smallest absolute Gasteiger partial charge is 0.166 e. The lowest BCUT2D eigenvalue weighted by molar-refractivity contribution is 0.0952. The van der Waals surface area contributed by atoms with Crippen LogP contribution in [0.25, 0.3) is 0 Å². The Morgan fingerprint density at radius 1 is 1.47 bits per heavy atom. The number of carbonyl (C=O) groups excluding carboxylic acids is 1. The summed E-state index contributed by atoms with van der Waals surface area (Å²) in [6.07, 6.45) is 4.78. The van der Waals surface area contributed by atoms with Crippen LogP contribution in [0.3, 0.4) is 0 Å². The summed E-state index contributed by atoms with van der Waals surface area (Å²) >= 11 is 4.93. The predicted octanol–water partition coefficient (Wildman–Crippen LogP) is 3.35. The third kappa shape index (κ3) is 2.49. The first-order valence-corrected chi connectivity index (χ1v) is 6.88. The molecule has 0 atom stereocenters. The molecule has 0 aliphatic heterocycles. The molecule has 0 bridgehead atoms. The van der Waals surface area contributed by atoms with Crippen LogP contribution in [0.1, 0.15) is 42.5 Å². The van der Waals surface area contributed by atoms with Gasteiger partial charge >= 0.3 is 0 Å². The Kier molecular flexibility index (Phi) is 3.28. The van der Waals surface area contributed by atoms with E-state index in [0.717, 1.165) is 35.7 Å². The molecule has 1 aromatic heterocycles. The third-order valence-electron chi connectivity index (χ3n) is 3.03. The van der Waals surface area contributed by atoms with Gasteiger partial charge in [0.1, 0.15) is 0 Å². The quantitative estimate of drug-likeness (QED) is 0.867. The molecule has 0 radical (unpaired) electrons. The number of nitrogens with two attached hydrogens (primary N) is 1. The number of halogens is 1. The normalized spacial score (nSPS) is 19.3. The lowest BCUT2D eigenvalue weighted by Crippen LogP contribution is -2.38. The van der Waals surface area contributed by atoms with Crippen molar-refractivity contribution in [2.75, 3.05) is 0 Å². The maximum absolute atomic E-state index is 12.0. The zero-order valence-corrected chi connectivity index (χ0v) is 10.9. The van der Waals surface area contributed by atoms with Crippen molar-refractivity contribution in [2.45, 2.75) is 37.6 Å². The number of hydrogen-bond donors (Lipinski definition) is 1. The molecule has 15 heavy (non-hydrogen) atoms. The Balaban J connectivity index is 2.07. The van der Waals surface area contributed by atoms with Crippen molar-refractivity contribution < 1.29 is 4.79 Å². The first kappa shape index (κ1) is 11.3.